The second-order valence-corrected chi connectivity index (χ2v) is 7.04. The van der Waals surface area contributed by atoms with Crippen LogP contribution in [0.25, 0.3) is 0 Å². The van der Waals surface area contributed by atoms with E-state index in [1.165, 1.54) is 28.6 Å². The lowest BCUT2D eigenvalue weighted by Gasteiger charge is -2.21. The maximum atomic E-state index is 12.7. The summed E-state index contributed by atoms with van der Waals surface area (Å²) < 4.78 is 22.9. The van der Waals surface area contributed by atoms with E-state index < -0.39 is 23.1 Å². The molecule has 0 spiro atoms. The van der Waals surface area contributed by atoms with E-state index in [9.17, 15) is 23.5 Å². The second-order valence-electron chi connectivity index (χ2n) is 6.22. The minimum Gasteiger partial charge on any atom is -0.478 e. The molecular weight excluding hydrogens is 392 g/mol. The van der Waals surface area contributed by atoms with E-state index in [0.717, 1.165) is 5.56 Å². The van der Waals surface area contributed by atoms with Gasteiger partial charge in [-0.2, -0.15) is 0 Å². The standard InChI is InChI=1S/C21H18N2O5S/c1-14-9-11-16(12-10-14)23(29(27)28)17-6-4-5-15(13-17)20(24)22-19-8-3-2-7-18(19)21(25)26/h2-13H,1H3,(H,22,24)(H,25,26)(H,27,28). The van der Waals surface area contributed by atoms with Crippen LogP contribution in [0.4, 0.5) is 17.1 Å². The van der Waals surface area contributed by atoms with Crippen molar-refractivity contribution in [3.63, 3.8) is 0 Å². The molecule has 29 heavy (non-hydrogen) atoms. The number of rotatable bonds is 6. The van der Waals surface area contributed by atoms with Gasteiger partial charge in [0.1, 0.15) is 0 Å². The first-order chi connectivity index (χ1) is 13.9. The third-order valence-electron chi connectivity index (χ3n) is 4.17. The molecule has 1 atom stereocenters. The summed E-state index contributed by atoms with van der Waals surface area (Å²) in [7, 11) is 0. The summed E-state index contributed by atoms with van der Waals surface area (Å²) in [6, 6.07) is 19.3. The Labute approximate surface area is 170 Å². The van der Waals surface area contributed by atoms with Gasteiger partial charge in [0.15, 0.2) is 0 Å². The van der Waals surface area contributed by atoms with Crippen molar-refractivity contribution in [3.8, 4) is 0 Å². The zero-order valence-corrected chi connectivity index (χ0v) is 16.2. The first kappa shape index (κ1) is 20.2. The summed E-state index contributed by atoms with van der Waals surface area (Å²) in [6.07, 6.45) is 0. The van der Waals surface area contributed by atoms with Crippen LogP contribution in [0, 0.1) is 6.92 Å². The zero-order chi connectivity index (χ0) is 21.0. The van der Waals surface area contributed by atoms with Crippen LogP contribution in [0.3, 0.4) is 0 Å². The van der Waals surface area contributed by atoms with Gasteiger partial charge < -0.3 is 10.4 Å². The monoisotopic (exact) mass is 410 g/mol. The van der Waals surface area contributed by atoms with E-state index in [0.29, 0.717) is 11.4 Å². The van der Waals surface area contributed by atoms with Gasteiger partial charge in [-0.05, 0) is 49.4 Å². The second kappa shape index (κ2) is 8.68. The first-order valence-corrected chi connectivity index (χ1v) is 9.64. The molecule has 0 aliphatic heterocycles. The Kier molecular flexibility index (Phi) is 6.06. The minimum atomic E-state index is -2.36. The highest BCUT2D eigenvalue weighted by Crippen LogP contribution is 2.28. The molecule has 0 saturated heterocycles. The lowest BCUT2D eigenvalue weighted by atomic mass is 10.1. The summed E-state index contributed by atoms with van der Waals surface area (Å²) >= 11 is -2.36. The molecule has 1 unspecified atom stereocenters. The fourth-order valence-corrected chi connectivity index (χ4v) is 3.35. The molecule has 148 valence electrons. The number of anilines is 3. The highest BCUT2D eigenvalue weighted by Gasteiger charge is 2.18. The van der Waals surface area contributed by atoms with E-state index in [1.807, 2.05) is 19.1 Å². The van der Waals surface area contributed by atoms with E-state index in [1.54, 1.807) is 36.4 Å². The van der Waals surface area contributed by atoms with Gasteiger partial charge in [0, 0.05) is 5.56 Å². The van der Waals surface area contributed by atoms with E-state index in [-0.39, 0.29) is 16.8 Å². The predicted molar refractivity (Wildman–Crippen MR) is 112 cm³/mol. The van der Waals surface area contributed by atoms with Crippen molar-refractivity contribution < 1.29 is 23.5 Å². The van der Waals surface area contributed by atoms with Crippen LogP contribution in [-0.4, -0.2) is 25.7 Å². The van der Waals surface area contributed by atoms with Crippen molar-refractivity contribution in [3.05, 3.63) is 89.5 Å². The van der Waals surface area contributed by atoms with Gasteiger partial charge in [-0.1, -0.05) is 35.9 Å². The molecule has 0 fully saturated rings. The Morgan fingerprint density at radius 2 is 1.62 bits per heavy atom. The average molecular weight is 410 g/mol. The van der Waals surface area contributed by atoms with Crippen molar-refractivity contribution in [2.75, 3.05) is 9.62 Å². The summed E-state index contributed by atoms with van der Waals surface area (Å²) in [6.45, 7) is 1.91. The maximum absolute atomic E-state index is 12.7. The largest absolute Gasteiger partial charge is 0.478 e. The molecular formula is C21H18N2O5S. The Morgan fingerprint density at radius 3 is 2.28 bits per heavy atom. The molecule has 0 aliphatic rings. The number of hydrogen-bond acceptors (Lipinski definition) is 3. The van der Waals surface area contributed by atoms with Gasteiger partial charge >= 0.3 is 5.97 Å². The van der Waals surface area contributed by atoms with E-state index in [4.69, 9.17) is 0 Å². The van der Waals surface area contributed by atoms with Crippen molar-refractivity contribution in [1.29, 1.82) is 0 Å². The maximum Gasteiger partial charge on any atom is 0.337 e. The summed E-state index contributed by atoms with van der Waals surface area (Å²) in [5.41, 5.74) is 2.18. The summed E-state index contributed by atoms with van der Waals surface area (Å²) in [4.78, 5) is 24.0. The molecule has 7 nitrogen and oxygen atoms in total. The molecule has 0 aliphatic carbocycles. The Balaban J connectivity index is 1.92. The van der Waals surface area contributed by atoms with Gasteiger partial charge in [-0.25, -0.2) is 13.3 Å². The number of carboxylic acids is 1. The summed E-state index contributed by atoms with van der Waals surface area (Å²) in [5, 5.41) is 11.8. The number of aryl methyl sites for hydroxylation is 1. The first-order valence-electron chi connectivity index (χ1n) is 8.58. The van der Waals surface area contributed by atoms with E-state index >= 15 is 0 Å². The highest BCUT2D eigenvalue weighted by atomic mass is 32.2. The highest BCUT2D eigenvalue weighted by molar-refractivity contribution is 7.81. The molecule has 8 heteroatoms. The molecule has 0 heterocycles. The lowest BCUT2D eigenvalue weighted by Crippen LogP contribution is -2.20. The number of carboxylic acid groups (broad SMARTS) is 1. The molecule has 0 aromatic heterocycles. The fraction of sp³-hybridized carbons (Fsp3) is 0.0476. The van der Waals surface area contributed by atoms with Gasteiger partial charge in [0.25, 0.3) is 17.2 Å². The molecule has 0 radical (unpaired) electrons. The number of aromatic carboxylic acids is 1. The number of nitrogens with one attached hydrogen (secondary N) is 1. The molecule has 1 amide bonds. The number of nitrogens with zero attached hydrogens (tertiary/aromatic N) is 1. The quantitative estimate of drug-likeness (QED) is 0.528. The number of amides is 1. The Morgan fingerprint density at radius 1 is 0.931 bits per heavy atom. The van der Waals surface area contributed by atoms with Gasteiger partial charge in [0.2, 0.25) is 0 Å². The SMILES string of the molecule is Cc1ccc(N(c2cccc(C(=O)Nc3ccccc3C(=O)O)c2)S(=O)O)cc1. The number of para-hydroxylation sites is 1. The van der Waals surface area contributed by atoms with Gasteiger partial charge in [0.05, 0.1) is 22.6 Å². The smallest absolute Gasteiger partial charge is 0.337 e. The molecule has 3 aromatic rings. The number of benzene rings is 3. The van der Waals surface area contributed by atoms with Crippen LogP contribution in [0.2, 0.25) is 0 Å². The fourth-order valence-electron chi connectivity index (χ4n) is 2.76. The zero-order valence-electron chi connectivity index (χ0n) is 15.4. The van der Waals surface area contributed by atoms with Crippen LogP contribution in [0.5, 0.6) is 0 Å². The van der Waals surface area contributed by atoms with E-state index in [2.05, 4.69) is 5.32 Å². The minimum absolute atomic E-state index is 0.0326. The van der Waals surface area contributed by atoms with Crippen molar-refractivity contribution in [2.45, 2.75) is 6.92 Å². The molecule has 0 bridgehead atoms. The van der Waals surface area contributed by atoms with Crippen LogP contribution in [-0.2, 0) is 11.3 Å². The van der Waals surface area contributed by atoms with Crippen LogP contribution < -0.4 is 9.62 Å². The van der Waals surface area contributed by atoms with Crippen LogP contribution in [0.15, 0.2) is 72.8 Å². The molecule has 0 saturated carbocycles. The third-order valence-corrected chi connectivity index (χ3v) is 4.91. The molecule has 3 aromatic carbocycles. The molecule has 3 rings (SSSR count). The van der Waals surface area contributed by atoms with Gasteiger partial charge in [-0.15, -0.1) is 0 Å². The average Bonchev–Trinajstić information content (AvgIpc) is 2.70. The van der Waals surface area contributed by atoms with Crippen molar-refractivity contribution >= 4 is 40.2 Å². The Hall–Kier alpha value is -3.49. The summed E-state index contributed by atoms with van der Waals surface area (Å²) in [5.74, 6) is -1.69. The van der Waals surface area contributed by atoms with Crippen molar-refractivity contribution in [1.82, 2.24) is 0 Å². The number of carbonyl (C=O) groups excluding carboxylic acids is 1. The predicted octanol–water partition coefficient (Wildman–Crippen LogP) is 4.22. The van der Waals surface area contributed by atoms with Crippen LogP contribution >= 0.6 is 0 Å². The van der Waals surface area contributed by atoms with Crippen molar-refractivity contribution in [2.24, 2.45) is 0 Å². The lowest BCUT2D eigenvalue weighted by molar-refractivity contribution is 0.0698. The molecule has 3 N–H and O–H groups in total. The number of hydrogen-bond donors (Lipinski definition) is 3. The third kappa shape index (κ3) is 4.68. The number of carbonyl (C=O) groups is 2. The van der Waals surface area contributed by atoms with Gasteiger partial charge in [-0.3, -0.25) is 9.35 Å². The normalized spacial score (nSPS) is 11.5. The van der Waals surface area contributed by atoms with Crippen LogP contribution in [0.1, 0.15) is 26.3 Å². The Bertz CT molecular complexity index is 1080. The topological polar surface area (TPSA) is 107 Å².